The molecule has 0 radical (unpaired) electrons. The number of rotatable bonds is 3. The molecule has 176 valence electrons. The van der Waals surface area contributed by atoms with E-state index in [0.717, 1.165) is 76.0 Å². The van der Waals surface area contributed by atoms with Crippen molar-refractivity contribution in [2.24, 2.45) is 5.92 Å². The van der Waals surface area contributed by atoms with Gasteiger partial charge < -0.3 is 4.90 Å². The van der Waals surface area contributed by atoms with Crippen molar-refractivity contribution < 1.29 is 9.18 Å². The molecule has 3 nitrogen and oxygen atoms in total. The molecule has 2 aromatic rings. The van der Waals surface area contributed by atoms with Crippen LogP contribution in [-0.4, -0.2) is 30.4 Å². The van der Waals surface area contributed by atoms with Gasteiger partial charge in [-0.15, -0.1) is 0 Å². The summed E-state index contributed by atoms with van der Waals surface area (Å²) in [6.07, 6.45) is 6.24. The van der Waals surface area contributed by atoms with Crippen LogP contribution in [0.4, 0.5) is 10.1 Å². The van der Waals surface area contributed by atoms with Crippen molar-refractivity contribution in [3.05, 3.63) is 65.0 Å². The highest BCUT2D eigenvalue weighted by molar-refractivity contribution is 5.98. The number of hydrogen-bond donors (Lipinski definition) is 0. The van der Waals surface area contributed by atoms with E-state index in [-0.39, 0.29) is 28.5 Å². The molecular weight excluding hydrogens is 411 g/mol. The normalized spacial score (nSPS) is 21.0. The van der Waals surface area contributed by atoms with Gasteiger partial charge in [0.2, 0.25) is 5.91 Å². The SMILES string of the molecule is CC(C)(C)c1ccc(CN2CCC3(CC2)CN(C(=O)C2CCCC2)c2ccc(F)cc23)cc1. The van der Waals surface area contributed by atoms with Crippen molar-refractivity contribution in [1.29, 1.82) is 0 Å². The maximum atomic E-state index is 14.3. The van der Waals surface area contributed by atoms with Crippen molar-refractivity contribution in [3.8, 4) is 0 Å². The molecule has 3 aliphatic rings. The van der Waals surface area contributed by atoms with Gasteiger partial charge in [-0.05, 0) is 79.1 Å². The summed E-state index contributed by atoms with van der Waals surface area (Å²) >= 11 is 0. The fraction of sp³-hybridized carbons (Fsp3) is 0.552. The van der Waals surface area contributed by atoms with E-state index in [0.29, 0.717) is 0 Å². The molecule has 2 aliphatic heterocycles. The van der Waals surface area contributed by atoms with Crippen LogP contribution in [0.1, 0.15) is 76.0 Å². The standard InChI is InChI=1S/C29H37FN2O/c1-28(2,3)23-10-8-21(9-11-23)19-31-16-14-29(15-17-31)20-32(27(33)22-6-4-5-7-22)26-13-12-24(30)18-25(26)29/h8-13,18,22H,4-7,14-17,19-20H2,1-3H3. The summed E-state index contributed by atoms with van der Waals surface area (Å²) < 4.78 is 14.3. The second kappa shape index (κ2) is 8.54. The van der Waals surface area contributed by atoms with Gasteiger partial charge in [0.15, 0.2) is 0 Å². The van der Waals surface area contributed by atoms with Crippen LogP contribution in [0.15, 0.2) is 42.5 Å². The Labute approximate surface area is 198 Å². The molecule has 1 saturated heterocycles. The molecule has 0 unspecified atom stereocenters. The van der Waals surface area contributed by atoms with E-state index in [9.17, 15) is 9.18 Å². The molecule has 2 aromatic carbocycles. The molecule has 4 heteroatoms. The van der Waals surface area contributed by atoms with E-state index >= 15 is 0 Å². The smallest absolute Gasteiger partial charge is 0.230 e. The minimum absolute atomic E-state index is 0.113. The van der Waals surface area contributed by atoms with E-state index in [1.54, 1.807) is 6.07 Å². The van der Waals surface area contributed by atoms with Gasteiger partial charge in [-0.25, -0.2) is 4.39 Å². The number of nitrogens with zero attached hydrogens (tertiary/aromatic N) is 2. The number of anilines is 1. The first-order valence-electron chi connectivity index (χ1n) is 12.7. The maximum absolute atomic E-state index is 14.3. The van der Waals surface area contributed by atoms with E-state index in [1.807, 2.05) is 11.0 Å². The van der Waals surface area contributed by atoms with Crippen LogP contribution < -0.4 is 4.90 Å². The molecule has 1 spiro atoms. The Kier molecular flexibility index (Phi) is 5.84. The summed E-state index contributed by atoms with van der Waals surface area (Å²) in [7, 11) is 0. The molecule has 1 amide bonds. The largest absolute Gasteiger partial charge is 0.311 e. The van der Waals surface area contributed by atoms with Crippen molar-refractivity contribution in [1.82, 2.24) is 4.90 Å². The molecule has 0 N–H and O–H groups in total. The van der Waals surface area contributed by atoms with E-state index in [1.165, 1.54) is 17.2 Å². The van der Waals surface area contributed by atoms with Crippen molar-refractivity contribution in [2.75, 3.05) is 24.5 Å². The topological polar surface area (TPSA) is 23.6 Å². The Morgan fingerprint density at radius 3 is 2.33 bits per heavy atom. The molecule has 0 atom stereocenters. The van der Waals surface area contributed by atoms with Crippen LogP contribution >= 0.6 is 0 Å². The van der Waals surface area contributed by atoms with Crippen molar-refractivity contribution in [3.63, 3.8) is 0 Å². The molecule has 1 saturated carbocycles. The Morgan fingerprint density at radius 2 is 1.70 bits per heavy atom. The minimum atomic E-state index is -0.190. The van der Waals surface area contributed by atoms with E-state index in [4.69, 9.17) is 0 Å². The Hall–Kier alpha value is -2.20. The second-order valence-corrected chi connectivity index (χ2v) is 11.6. The lowest BCUT2D eigenvalue weighted by atomic mass is 9.74. The monoisotopic (exact) mass is 448 g/mol. The van der Waals surface area contributed by atoms with Gasteiger partial charge in [0, 0.05) is 30.1 Å². The summed E-state index contributed by atoms with van der Waals surface area (Å²) in [4.78, 5) is 17.9. The number of amides is 1. The number of halogens is 1. The molecule has 0 bridgehead atoms. The van der Waals surface area contributed by atoms with Crippen LogP contribution in [0, 0.1) is 11.7 Å². The molecular formula is C29H37FN2O. The van der Waals surface area contributed by atoms with Gasteiger partial charge in [0.1, 0.15) is 5.82 Å². The number of hydrogen-bond acceptors (Lipinski definition) is 2. The second-order valence-electron chi connectivity index (χ2n) is 11.6. The van der Waals surface area contributed by atoms with E-state index < -0.39 is 0 Å². The van der Waals surface area contributed by atoms with Gasteiger partial charge in [0.25, 0.3) is 0 Å². The first-order chi connectivity index (χ1) is 15.7. The number of benzene rings is 2. The lowest BCUT2D eigenvalue weighted by Crippen LogP contribution is -2.46. The van der Waals surface area contributed by atoms with E-state index in [2.05, 4.69) is 49.9 Å². The Bertz CT molecular complexity index is 1010. The number of carbonyl (C=O) groups excluding carboxylic acids is 1. The summed E-state index contributed by atoms with van der Waals surface area (Å²) in [5.74, 6) is 0.220. The number of likely N-dealkylation sites (tertiary alicyclic amines) is 1. The van der Waals surface area contributed by atoms with Gasteiger partial charge in [0.05, 0.1) is 0 Å². The van der Waals surface area contributed by atoms with Gasteiger partial charge in [-0.3, -0.25) is 9.69 Å². The number of fused-ring (bicyclic) bond motifs is 2. The molecule has 5 rings (SSSR count). The van der Waals surface area contributed by atoms with Crippen LogP contribution in [0.3, 0.4) is 0 Å². The quantitative estimate of drug-likeness (QED) is 0.559. The third-order valence-corrected chi connectivity index (χ3v) is 8.29. The number of piperidine rings is 1. The zero-order valence-corrected chi connectivity index (χ0v) is 20.4. The van der Waals surface area contributed by atoms with Crippen molar-refractivity contribution in [2.45, 2.75) is 76.7 Å². The summed E-state index contributed by atoms with van der Waals surface area (Å²) in [5, 5.41) is 0. The average Bonchev–Trinajstić information content (AvgIpc) is 3.42. The highest BCUT2D eigenvalue weighted by Crippen LogP contribution is 2.48. The lowest BCUT2D eigenvalue weighted by molar-refractivity contribution is -0.122. The van der Waals surface area contributed by atoms with Gasteiger partial charge in [-0.2, -0.15) is 0 Å². The van der Waals surface area contributed by atoms with Gasteiger partial charge in [-0.1, -0.05) is 57.9 Å². The highest BCUT2D eigenvalue weighted by Gasteiger charge is 2.47. The third kappa shape index (κ3) is 4.35. The summed E-state index contributed by atoms with van der Waals surface area (Å²) in [5.41, 5.74) is 4.78. The van der Waals surface area contributed by atoms with Crippen molar-refractivity contribution >= 4 is 11.6 Å². The fourth-order valence-electron chi connectivity index (χ4n) is 6.17. The molecule has 33 heavy (non-hydrogen) atoms. The molecule has 1 aliphatic carbocycles. The summed E-state index contributed by atoms with van der Waals surface area (Å²) in [6, 6.07) is 14.1. The Morgan fingerprint density at radius 1 is 1.03 bits per heavy atom. The maximum Gasteiger partial charge on any atom is 0.230 e. The lowest BCUT2D eigenvalue weighted by Gasteiger charge is -2.40. The third-order valence-electron chi connectivity index (χ3n) is 8.29. The first-order valence-corrected chi connectivity index (χ1v) is 12.7. The molecule has 2 fully saturated rings. The highest BCUT2D eigenvalue weighted by atomic mass is 19.1. The van der Waals surface area contributed by atoms with Crippen LogP contribution in [-0.2, 0) is 22.2 Å². The average molecular weight is 449 g/mol. The zero-order chi connectivity index (χ0) is 23.2. The van der Waals surface area contributed by atoms with Crippen LogP contribution in [0.5, 0.6) is 0 Å². The first kappa shape index (κ1) is 22.6. The molecule has 2 heterocycles. The van der Waals surface area contributed by atoms with Crippen LogP contribution in [0.25, 0.3) is 0 Å². The number of carbonyl (C=O) groups is 1. The zero-order valence-electron chi connectivity index (χ0n) is 20.4. The predicted molar refractivity (Wildman–Crippen MR) is 132 cm³/mol. The van der Waals surface area contributed by atoms with Crippen LogP contribution in [0.2, 0.25) is 0 Å². The predicted octanol–water partition coefficient (Wildman–Crippen LogP) is 6.19. The molecule has 0 aromatic heterocycles. The Balaban J connectivity index is 1.30. The minimum Gasteiger partial charge on any atom is -0.311 e. The van der Waals surface area contributed by atoms with Gasteiger partial charge >= 0.3 is 0 Å². The summed E-state index contributed by atoms with van der Waals surface area (Å²) in [6.45, 7) is 10.3. The fourth-order valence-corrected chi connectivity index (χ4v) is 6.17.